The first-order chi connectivity index (χ1) is 17.2. The molecular weight excluding hydrogens is 458 g/mol. The van der Waals surface area contributed by atoms with E-state index >= 15 is 0 Å². The second-order valence-electron chi connectivity index (χ2n) is 9.75. The van der Waals surface area contributed by atoms with Crippen molar-refractivity contribution in [2.24, 2.45) is 0 Å². The van der Waals surface area contributed by atoms with Gasteiger partial charge in [-0.15, -0.1) is 0 Å². The number of hydrogen-bond donors (Lipinski definition) is 1. The maximum Gasteiger partial charge on any atom is 0.313 e. The van der Waals surface area contributed by atoms with Gasteiger partial charge in [0, 0.05) is 29.4 Å². The normalized spacial score (nSPS) is 16.5. The van der Waals surface area contributed by atoms with Gasteiger partial charge in [0.15, 0.2) is 17.7 Å². The van der Waals surface area contributed by atoms with Crippen molar-refractivity contribution in [3.8, 4) is 11.8 Å². The van der Waals surface area contributed by atoms with Crippen molar-refractivity contribution < 1.29 is 23.9 Å². The van der Waals surface area contributed by atoms with Crippen LogP contribution in [0.1, 0.15) is 49.9 Å². The zero-order valence-electron chi connectivity index (χ0n) is 20.8. The highest BCUT2D eigenvalue weighted by atomic mass is 16.7. The van der Waals surface area contributed by atoms with E-state index in [9.17, 15) is 9.59 Å². The maximum atomic E-state index is 12.7. The van der Waals surface area contributed by atoms with Crippen molar-refractivity contribution in [2.75, 3.05) is 13.7 Å². The van der Waals surface area contributed by atoms with E-state index in [1.54, 1.807) is 23.3 Å². The van der Waals surface area contributed by atoms with Crippen LogP contribution in [0.3, 0.4) is 0 Å². The van der Waals surface area contributed by atoms with Crippen LogP contribution < -0.4 is 4.74 Å². The van der Waals surface area contributed by atoms with Gasteiger partial charge in [0.2, 0.25) is 0 Å². The van der Waals surface area contributed by atoms with Gasteiger partial charge >= 0.3 is 5.97 Å². The van der Waals surface area contributed by atoms with Crippen molar-refractivity contribution in [1.82, 2.24) is 10.0 Å². The van der Waals surface area contributed by atoms with E-state index in [2.05, 4.69) is 11.1 Å². The highest BCUT2D eigenvalue weighted by molar-refractivity contribution is 5.83. The first-order valence-electron chi connectivity index (χ1n) is 11.8. The number of methoxy groups -OCH3 is 1. The molecule has 36 heavy (non-hydrogen) atoms. The van der Waals surface area contributed by atoms with Crippen molar-refractivity contribution in [3.63, 3.8) is 0 Å². The lowest BCUT2D eigenvalue weighted by Gasteiger charge is -2.27. The summed E-state index contributed by atoms with van der Waals surface area (Å²) >= 11 is 0. The number of nitrogens with zero attached hydrogens (tertiary/aromatic N) is 2. The van der Waals surface area contributed by atoms with Gasteiger partial charge in [-0.2, -0.15) is 5.26 Å². The molecule has 1 fully saturated rings. The standard InChI is InChI=1S/C28H29N3O5/c1-28(2,3)36-31-12-11-26(25(31)17-32)35-22-8-6-19(7-9-22)23(27(33)34-4)15-21-14-20-13-18(16-29)5-10-24(20)30-21/h5-10,13-14,23,26,30H,11-12,15H2,1-4H3/t23?,26-/m0/s1. The van der Waals surface area contributed by atoms with E-state index < -0.39 is 17.6 Å². The Morgan fingerprint density at radius 3 is 2.58 bits per heavy atom. The molecule has 0 radical (unpaired) electrons. The first-order valence-corrected chi connectivity index (χ1v) is 11.8. The highest BCUT2D eigenvalue weighted by Crippen LogP contribution is 2.30. The number of nitriles is 1. The van der Waals surface area contributed by atoms with E-state index in [0.717, 1.165) is 22.2 Å². The first kappa shape index (κ1) is 25.1. The molecule has 2 aromatic carbocycles. The summed E-state index contributed by atoms with van der Waals surface area (Å²) in [5.74, 6) is 1.66. The number of aromatic nitrogens is 1. The van der Waals surface area contributed by atoms with E-state index in [0.29, 0.717) is 36.4 Å². The molecule has 1 saturated heterocycles. The van der Waals surface area contributed by atoms with Gasteiger partial charge in [-0.05, 0) is 62.7 Å². The molecule has 8 nitrogen and oxygen atoms in total. The average Bonchev–Trinajstić information content (AvgIpc) is 3.43. The Morgan fingerprint density at radius 1 is 1.19 bits per heavy atom. The number of hydrogen-bond acceptors (Lipinski definition) is 7. The Bertz CT molecular complexity index is 1340. The fourth-order valence-electron chi connectivity index (χ4n) is 4.32. The summed E-state index contributed by atoms with van der Waals surface area (Å²) in [6, 6.07) is 16.7. The molecule has 8 heteroatoms. The van der Waals surface area contributed by atoms with Crippen LogP contribution in [0.5, 0.6) is 5.75 Å². The Kier molecular flexibility index (Phi) is 7.16. The van der Waals surface area contributed by atoms with Gasteiger partial charge in [-0.25, -0.2) is 9.86 Å². The lowest BCUT2D eigenvalue weighted by Crippen LogP contribution is -2.32. The van der Waals surface area contributed by atoms with Crippen molar-refractivity contribution in [1.29, 1.82) is 5.26 Å². The molecule has 1 aliphatic rings. The molecule has 2 atom stereocenters. The third-order valence-corrected chi connectivity index (χ3v) is 5.93. The van der Waals surface area contributed by atoms with Crippen LogP contribution in [0.4, 0.5) is 0 Å². The number of carbonyl (C=O) groups excluding carboxylic acids is 2. The molecule has 186 valence electrons. The van der Waals surface area contributed by atoms with Gasteiger partial charge in [0.1, 0.15) is 5.75 Å². The molecule has 2 heterocycles. The fraction of sp³-hybridized carbons (Fsp3) is 0.357. The van der Waals surface area contributed by atoms with Crippen molar-refractivity contribution >= 4 is 22.8 Å². The summed E-state index contributed by atoms with van der Waals surface area (Å²) < 4.78 is 11.1. The van der Waals surface area contributed by atoms with Crippen molar-refractivity contribution in [3.05, 3.63) is 71.0 Å². The number of hydroxylamine groups is 2. The Morgan fingerprint density at radius 2 is 1.94 bits per heavy atom. The van der Waals surface area contributed by atoms with Crippen LogP contribution >= 0.6 is 0 Å². The number of rotatable bonds is 7. The quantitative estimate of drug-likeness (QED) is 0.388. The zero-order valence-corrected chi connectivity index (χ0v) is 20.8. The third-order valence-electron chi connectivity index (χ3n) is 5.93. The smallest absolute Gasteiger partial charge is 0.313 e. The maximum absolute atomic E-state index is 12.7. The molecule has 0 saturated carbocycles. The summed E-state index contributed by atoms with van der Waals surface area (Å²) in [4.78, 5) is 33.4. The van der Waals surface area contributed by atoms with Crippen LogP contribution in [0.25, 0.3) is 10.9 Å². The minimum absolute atomic E-state index is 0.333. The number of esters is 1. The van der Waals surface area contributed by atoms with Gasteiger partial charge < -0.3 is 14.5 Å². The minimum atomic E-state index is -0.528. The molecule has 4 rings (SSSR count). The van der Waals surface area contributed by atoms with Gasteiger partial charge in [0.25, 0.3) is 0 Å². The minimum Gasteiger partial charge on any atom is -0.483 e. The second-order valence-corrected chi connectivity index (χ2v) is 9.75. The number of aromatic amines is 1. The molecule has 0 amide bonds. The van der Waals surface area contributed by atoms with E-state index in [1.807, 2.05) is 57.0 Å². The van der Waals surface area contributed by atoms with Crippen LogP contribution in [0.2, 0.25) is 0 Å². The summed E-state index contributed by atoms with van der Waals surface area (Å²) in [5.41, 5.74) is 3.01. The summed E-state index contributed by atoms with van der Waals surface area (Å²) in [6.45, 7) is 6.29. The fourth-order valence-corrected chi connectivity index (χ4v) is 4.32. The molecule has 0 spiro atoms. The number of fused-ring (bicyclic) bond motifs is 1. The van der Waals surface area contributed by atoms with Crippen LogP contribution in [0.15, 0.2) is 54.2 Å². The molecule has 1 aliphatic heterocycles. The largest absolute Gasteiger partial charge is 0.483 e. The zero-order chi connectivity index (χ0) is 25.9. The Balaban J connectivity index is 1.49. The molecule has 3 aromatic rings. The molecule has 1 aromatic heterocycles. The third kappa shape index (κ3) is 5.60. The van der Waals surface area contributed by atoms with Gasteiger partial charge in [0.05, 0.1) is 36.8 Å². The van der Waals surface area contributed by atoms with Crippen molar-refractivity contribution in [2.45, 2.75) is 51.2 Å². The molecular formula is C28H29N3O5. The lowest BCUT2D eigenvalue weighted by molar-refractivity contribution is -0.198. The van der Waals surface area contributed by atoms with E-state index in [4.69, 9.17) is 19.6 Å². The van der Waals surface area contributed by atoms with E-state index in [1.165, 1.54) is 7.11 Å². The van der Waals surface area contributed by atoms with Crippen LogP contribution in [-0.4, -0.2) is 47.3 Å². The SMILES string of the molecule is COC(=O)C(Cc1cc2cc(C#N)ccc2[nH]1)c1ccc(O[C@H]2CCN(OC(C)(C)C)C2=C=O)cc1. The topological polar surface area (TPSA) is 105 Å². The summed E-state index contributed by atoms with van der Waals surface area (Å²) in [7, 11) is 1.37. The average molecular weight is 488 g/mol. The predicted octanol–water partition coefficient (Wildman–Crippen LogP) is 4.44. The Hall–Kier alpha value is -4.05. The monoisotopic (exact) mass is 487 g/mol. The molecule has 1 N–H and O–H groups in total. The summed E-state index contributed by atoms with van der Waals surface area (Å²) in [5, 5.41) is 11.6. The van der Waals surface area contributed by atoms with Crippen LogP contribution in [0, 0.1) is 11.3 Å². The highest BCUT2D eigenvalue weighted by Gasteiger charge is 2.34. The molecule has 1 unspecified atom stereocenters. The summed E-state index contributed by atoms with van der Waals surface area (Å²) in [6.07, 6.45) is 0.543. The number of benzene rings is 2. The van der Waals surface area contributed by atoms with Crippen LogP contribution in [-0.2, 0) is 25.6 Å². The molecule has 0 bridgehead atoms. The second kappa shape index (κ2) is 10.3. The lowest BCUT2D eigenvalue weighted by atomic mass is 9.94. The van der Waals surface area contributed by atoms with Gasteiger partial charge in [-0.1, -0.05) is 12.1 Å². The Labute approximate surface area is 210 Å². The van der Waals surface area contributed by atoms with E-state index in [-0.39, 0.29) is 5.97 Å². The number of nitrogens with one attached hydrogen (secondary N) is 1. The number of carbonyl (C=O) groups is 1. The number of ether oxygens (including phenoxy) is 2. The number of H-pyrrole nitrogens is 1. The van der Waals surface area contributed by atoms with Gasteiger partial charge in [-0.3, -0.25) is 9.63 Å². The molecule has 0 aliphatic carbocycles. The predicted molar refractivity (Wildman–Crippen MR) is 134 cm³/mol.